The Bertz CT molecular complexity index is 789. The highest BCUT2D eigenvalue weighted by Gasteiger charge is 2.38. The van der Waals surface area contributed by atoms with Crippen molar-refractivity contribution in [2.45, 2.75) is 25.3 Å². The number of carbonyl (C=O) groups excluding carboxylic acids is 2. The first-order valence-electron chi connectivity index (χ1n) is 8.74. The zero-order chi connectivity index (χ0) is 17.9. The lowest BCUT2D eigenvalue weighted by Crippen LogP contribution is -2.41. The zero-order valence-corrected chi connectivity index (χ0v) is 15.1. The normalized spacial score (nSPS) is 21.2. The summed E-state index contributed by atoms with van der Waals surface area (Å²) < 4.78 is 5.36. The molecule has 2 amide bonds. The summed E-state index contributed by atoms with van der Waals surface area (Å²) in [6, 6.07) is 3.97. The molecule has 2 fully saturated rings. The van der Waals surface area contributed by atoms with Crippen molar-refractivity contribution in [3.63, 3.8) is 0 Å². The van der Waals surface area contributed by atoms with Crippen LogP contribution in [0, 0.1) is 5.92 Å². The Balaban J connectivity index is 1.38. The third-order valence-electron chi connectivity index (χ3n) is 4.85. The molecule has 0 spiro atoms. The fourth-order valence-electron chi connectivity index (χ4n) is 3.44. The highest BCUT2D eigenvalue weighted by molar-refractivity contribution is 7.14. The molecule has 1 N–H and O–H groups in total. The van der Waals surface area contributed by atoms with Gasteiger partial charge >= 0.3 is 0 Å². The van der Waals surface area contributed by atoms with Gasteiger partial charge < -0.3 is 15.0 Å². The second-order valence-corrected chi connectivity index (χ2v) is 7.42. The van der Waals surface area contributed by atoms with Gasteiger partial charge in [0.25, 0.3) is 0 Å². The summed E-state index contributed by atoms with van der Waals surface area (Å²) in [7, 11) is 0. The van der Waals surface area contributed by atoms with Crippen LogP contribution in [0.25, 0.3) is 11.3 Å². The summed E-state index contributed by atoms with van der Waals surface area (Å²) in [5.74, 6) is -0.400. The summed E-state index contributed by atoms with van der Waals surface area (Å²) in [6.07, 6.45) is 5.41. The highest BCUT2D eigenvalue weighted by atomic mass is 32.1. The second kappa shape index (κ2) is 7.51. The molecule has 0 saturated carbocycles. The summed E-state index contributed by atoms with van der Waals surface area (Å²) >= 11 is 1.38. The summed E-state index contributed by atoms with van der Waals surface area (Å²) in [5.41, 5.74) is 1.69. The van der Waals surface area contributed by atoms with E-state index < -0.39 is 0 Å². The second-order valence-electron chi connectivity index (χ2n) is 6.56. The number of hydrogen-bond donors (Lipinski definition) is 1. The molecule has 2 aliphatic rings. The number of rotatable bonds is 4. The lowest BCUT2D eigenvalue weighted by molar-refractivity contribution is -0.131. The minimum Gasteiger partial charge on any atom is -0.381 e. The average molecular weight is 372 g/mol. The number of hydrogen-bond acceptors (Lipinski definition) is 6. The number of likely N-dealkylation sites (tertiary alicyclic amines) is 1. The van der Waals surface area contributed by atoms with Gasteiger partial charge in [0, 0.05) is 55.6 Å². The molecule has 0 radical (unpaired) electrons. The number of pyridine rings is 1. The van der Waals surface area contributed by atoms with Gasteiger partial charge in [-0.1, -0.05) is 0 Å². The molecule has 4 heterocycles. The predicted molar refractivity (Wildman–Crippen MR) is 97.6 cm³/mol. The van der Waals surface area contributed by atoms with Crippen LogP contribution in [0.5, 0.6) is 0 Å². The predicted octanol–water partition coefficient (Wildman–Crippen LogP) is 2.17. The molecule has 4 rings (SSSR count). The van der Waals surface area contributed by atoms with E-state index in [0.29, 0.717) is 24.9 Å². The Morgan fingerprint density at radius 2 is 2.19 bits per heavy atom. The number of amides is 2. The maximum Gasteiger partial charge on any atom is 0.231 e. The van der Waals surface area contributed by atoms with Crippen LogP contribution in [0.2, 0.25) is 0 Å². The number of ether oxygens (including phenoxy) is 1. The van der Waals surface area contributed by atoms with Gasteiger partial charge in [-0.15, -0.1) is 11.3 Å². The van der Waals surface area contributed by atoms with Crippen molar-refractivity contribution in [1.29, 1.82) is 0 Å². The third kappa shape index (κ3) is 3.61. The number of nitrogens with zero attached hydrogens (tertiary/aromatic N) is 3. The van der Waals surface area contributed by atoms with Crippen LogP contribution in [0.1, 0.15) is 19.3 Å². The van der Waals surface area contributed by atoms with Crippen LogP contribution >= 0.6 is 11.3 Å². The Labute approximate surface area is 155 Å². The minimum atomic E-state index is -0.323. The molecule has 0 aliphatic carbocycles. The van der Waals surface area contributed by atoms with Crippen molar-refractivity contribution < 1.29 is 14.3 Å². The number of nitrogens with one attached hydrogen (secondary N) is 1. The SMILES string of the molecule is O=C(Nc1nc(-c2cccnc2)cs1)C1CC(=O)N(C2CCOCC2)C1. The molecule has 7 nitrogen and oxygen atoms in total. The van der Waals surface area contributed by atoms with E-state index in [4.69, 9.17) is 4.74 Å². The molecule has 1 unspecified atom stereocenters. The van der Waals surface area contributed by atoms with Crippen LogP contribution in [0.3, 0.4) is 0 Å². The molecule has 2 saturated heterocycles. The molecule has 8 heteroatoms. The molecular formula is C18H20N4O3S. The van der Waals surface area contributed by atoms with Gasteiger partial charge in [0.1, 0.15) is 0 Å². The maximum absolute atomic E-state index is 12.6. The Kier molecular flexibility index (Phi) is 4.94. The van der Waals surface area contributed by atoms with Crippen molar-refractivity contribution >= 4 is 28.3 Å². The molecule has 2 aromatic rings. The highest BCUT2D eigenvalue weighted by Crippen LogP contribution is 2.28. The molecule has 2 aromatic heterocycles. The molecule has 26 heavy (non-hydrogen) atoms. The summed E-state index contributed by atoms with van der Waals surface area (Å²) in [4.78, 5) is 35.3. The molecule has 136 valence electrons. The Hall–Kier alpha value is -2.32. The smallest absolute Gasteiger partial charge is 0.231 e. The standard InChI is InChI=1S/C18H20N4O3S/c23-16-8-13(10-22(16)14-3-6-25-7-4-14)17(24)21-18-20-15(11-26-18)12-2-1-5-19-9-12/h1-2,5,9,11,13-14H,3-4,6-8,10H2,(H,20,21,24). The molecule has 2 aliphatic heterocycles. The quantitative estimate of drug-likeness (QED) is 0.889. The van der Waals surface area contributed by atoms with Gasteiger partial charge in [-0.3, -0.25) is 14.6 Å². The van der Waals surface area contributed by atoms with Gasteiger partial charge in [0.15, 0.2) is 5.13 Å². The Morgan fingerprint density at radius 1 is 1.35 bits per heavy atom. The molecule has 1 atom stereocenters. The fourth-order valence-corrected chi connectivity index (χ4v) is 4.17. The van der Waals surface area contributed by atoms with E-state index in [1.165, 1.54) is 11.3 Å². The van der Waals surface area contributed by atoms with Crippen LogP contribution in [0.15, 0.2) is 29.9 Å². The largest absolute Gasteiger partial charge is 0.381 e. The van der Waals surface area contributed by atoms with E-state index in [2.05, 4.69) is 15.3 Å². The third-order valence-corrected chi connectivity index (χ3v) is 5.61. The van der Waals surface area contributed by atoms with E-state index in [1.807, 2.05) is 22.4 Å². The summed E-state index contributed by atoms with van der Waals surface area (Å²) in [6.45, 7) is 1.85. The van der Waals surface area contributed by atoms with Gasteiger partial charge in [0.05, 0.1) is 11.6 Å². The van der Waals surface area contributed by atoms with Crippen molar-refractivity contribution in [2.75, 3.05) is 25.1 Å². The van der Waals surface area contributed by atoms with Crippen molar-refractivity contribution in [3.8, 4) is 11.3 Å². The van der Waals surface area contributed by atoms with Gasteiger partial charge in [-0.2, -0.15) is 0 Å². The lowest BCUT2D eigenvalue weighted by Gasteiger charge is -2.31. The van der Waals surface area contributed by atoms with E-state index in [1.54, 1.807) is 12.4 Å². The van der Waals surface area contributed by atoms with Crippen LogP contribution in [-0.2, 0) is 14.3 Å². The maximum atomic E-state index is 12.6. The fraction of sp³-hybridized carbons (Fsp3) is 0.444. The summed E-state index contributed by atoms with van der Waals surface area (Å²) in [5, 5.41) is 5.30. The van der Waals surface area contributed by atoms with Gasteiger partial charge in [-0.25, -0.2) is 4.98 Å². The Morgan fingerprint density at radius 3 is 2.96 bits per heavy atom. The molecule has 0 aromatic carbocycles. The van der Waals surface area contributed by atoms with Crippen molar-refractivity contribution in [1.82, 2.24) is 14.9 Å². The lowest BCUT2D eigenvalue weighted by atomic mass is 10.1. The minimum absolute atomic E-state index is 0.0623. The first kappa shape index (κ1) is 17.1. The van der Waals surface area contributed by atoms with E-state index in [9.17, 15) is 9.59 Å². The topological polar surface area (TPSA) is 84.4 Å². The number of aromatic nitrogens is 2. The first-order chi connectivity index (χ1) is 12.7. The van der Waals surface area contributed by atoms with Crippen LogP contribution < -0.4 is 5.32 Å². The first-order valence-corrected chi connectivity index (χ1v) is 9.62. The van der Waals surface area contributed by atoms with Crippen LogP contribution in [0.4, 0.5) is 5.13 Å². The average Bonchev–Trinajstić information content (AvgIpc) is 3.30. The number of carbonyl (C=O) groups is 2. The van der Waals surface area contributed by atoms with Gasteiger partial charge in [0.2, 0.25) is 11.8 Å². The number of anilines is 1. The molecular weight excluding hydrogens is 352 g/mol. The zero-order valence-electron chi connectivity index (χ0n) is 14.3. The van der Waals surface area contributed by atoms with Crippen molar-refractivity contribution in [2.24, 2.45) is 5.92 Å². The monoisotopic (exact) mass is 372 g/mol. The van der Waals surface area contributed by atoms with E-state index in [-0.39, 0.29) is 30.2 Å². The van der Waals surface area contributed by atoms with E-state index >= 15 is 0 Å². The van der Waals surface area contributed by atoms with E-state index in [0.717, 1.165) is 24.1 Å². The molecule has 0 bridgehead atoms. The van der Waals surface area contributed by atoms with Crippen LogP contribution in [-0.4, -0.2) is 52.5 Å². The van der Waals surface area contributed by atoms with Gasteiger partial charge in [-0.05, 0) is 25.0 Å². The number of thiazole rings is 1. The van der Waals surface area contributed by atoms with Crippen molar-refractivity contribution in [3.05, 3.63) is 29.9 Å².